The molecule has 0 radical (unpaired) electrons. The second kappa shape index (κ2) is 4.13. The number of fused-ring (bicyclic) bond motifs is 1. The number of ether oxygens (including phenoxy) is 2. The third-order valence-corrected chi connectivity index (χ3v) is 2.56. The van der Waals surface area contributed by atoms with Crippen LogP contribution in [0.5, 0.6) is 11.5 Å². The van der Waals surface area contributed by atoms with E-state index in [1.54, 1.807) is 12.1 Å². The minimum Gasteiger partial charge on any atom is -0.493 e. The average molecular weight is 285 g/mol. The van der Waals surface area contributed by atoms with Crippen molar-refractivity contribution in [3.05, 3.63) is 27.2 Å². The molecule has 1 N–H and O–H groups in total. The van der Waals surface area contributed by atoms with Gasteiger partial charge in [-0.1, -0.05) is 0 Å². The third-order valence-electron chi connectivity index (χ3n) is 2.18. The highest BCUT2D eigenvalue weighted by Gasteiger charge is 2.09. The fraction of sp³-hybridized carbons (Fsp3) is 0.200. The van der Waals surface area contributed by atoms with E-state index >= 15 is 0 Å². The van der Waals surface area contributed by atoms with Crippen molar-refractivity contribution in [2.75, 3.05) is 14.2 Å². The molecule has 5 nitrogen and oxygen atoms in total. The van der Waals surface area contributed by atoms with Crippen molar-refractivity contribution >= 4 is 26.8 Å². The number of aromatic amines is 1. The Kier molecular flexibility index (Phi) is 2.82. The van der Waals surface area contributed by atoms with E-state index in [1.165, 1.54) is 14.2 Å². The molecule has 0 saturated heterocycles. The number of hydrogen-bond acceptors (Lipinski definition) is 4. The first-order valence-electron chi connectivity index (χ1n) is 4.47. The summed E-state index contributed by atoms with van der Waals surface area (Å²) < 4.78 is 10.6. The molecule has 0 atom stereocenters. The van der Waals surface area contributed by atoms with Gasteiger partial charge in [-0.05, 0) is 22.0 Å². The summed E-state index contributed by atoms with van der Waals surface area (Å²) in [6.07, 6.45) is 0. The Morgan fingerprint density at radius 3 is 2.50 bits per heavy atom. The van der Waals surface area contributed by atoms with E-state index in [0.717, 1.165) is 0 Å². The van der Waals surface area contributed by atoms with Gasteiger partial charge >= 0.3 is 0 Å². The van der Waals surface area contributed by atoms with Crippen molar-refractivity contribution in [1.29, 1.82) is 0 Å². The summed E-state index contributed by atoms with van der Waals surface area (Å²) in [5, 5.41) is 0.459. The zero-order valence-corrected chi connectivity index (χ0v) is 10.3. The van der Waals surface area contributed by atoms with Crippen LogP contribution in [0.3, 0.4) is 0 Å². The smallest absolute Gasteiger partial charge is 0.259 e. The lowest BCUT2D eigenvalue weighted by Crippen LogP contribution is -2.08. The topological polar surface area (TPSA) is 64.2 Å². The van der Waals surface area contributed by atoms with Gasteiger partial charge in [-0.3, -0.25) is 4.79 Å². The fourth-order valence-electron chi connectivity index (χ4n) is 1.44. The Bertz CT molecular complexity index is 594. The summed E-state index contributed by atoms with van der Waals surface area (Å²) in [5.74, 6) is 1.05. The Morgan fingerprint density at radius 2 is 1.88 bits per heavy atom. The molecule has 0 bridgehead atoms. The molecule has 1 aromatic carbocycles. The van der Waals surface area contributed by atoms with E-state index in [0.29, 0.717) is 27.1 Å². The number of nitrogens with zero attached hydrogens (tertiary/aromatic N) is 1. The van der Waals surface area contributed by atoms with Crippen LogP contribution in [0.25, 0.3) is 10.9 Å². The summed E-state index contributed by atoms with van der Waals surface area (Å²) in [4.78, 5) is 18.3. The van der Waals surface area contributed by atoms with Gasteiger partial charge in [-0.2, -0.15) is 0 Å². The van der Waals surface area contributed by atoms with Gasteiger partial charge in [0.1, 0.15) is 0 Å². The first-order chi connectivity index (χ1) is 7.65. The van der Waals surface area contributed by atoms with Crippen molar-refractivity contribution in [1.82, 2.24) is 9.97 Å². The Morgan fingerprint density at radius 1 is 1.25 bits per heavy atom. The van der Waals surface area contributed by atoms with E-state index in [1.807, 2.05) is 0 Å². The molecule has 2 rings (SSSR count). The van der Waals surface area contributed by atoms with Crippen LogP contribution in [0.2, 0.25) is 0 Å². The van der Waals surface area contributed by atoms with Gasteiger partial charge < -0.3 is 14.5 Å². The van der Waals surface area contributed by atoms with E-state index in [9.17, 15) is 4.79 Å². The molecular formula is C10H9BrN2O3. The molecule has 6 heteroatoms. The highest BCUT2D eigenvalue weighted by molar-refractivity contribution is 9.10. The van der Waals surface area contributed by atoms with Crippen molar-refractivity contribution in [2.45, 2.75) is 0 Å². The lowest BCUT2D eigenvalue weighted by molar-refractivity contribution is 0.355. The number of nitrogens with one attached hydrogen (secondary N) is 1. The standard InChI is InChI=1S/C10H9BrN2O3/c1-15-7-3-5-6(4-8(7)16-2)12-10(11)13-9(5)14/h3-4H,1-2H3,(H,12,13,14). The van der Waals surface area contributed by atoms with Crippen molar-refractivity contribution in [3.8, 4) is 11.5 Å². The van der Waals surface area contributed by atoms with Gasteiger partial charge in [-0.15, -0.1) is 0 Å². The Hall–Kier alpha value is -1.56. The van der Waals surface area contributed by atoms with Crippen LogP contribution < -0.4 is 15.0 Å². The second-order valence-electron chi connectivity index (χ2n) is 3.08. The Labute approximate surface area is 99.5 Å². The monoisotopic (exact) mass is 284 g/mol. The maximum Gasteiger partial charge on any atom is 0.259 e. The predicted octanol–water partition coefficient (Wildman–Crippen LogP) is 1.70. The van der Waals surface area contributed by atoms with Crippen LogP contribution >= 0.6 is 15.9 Å². The minimum absolute atomic E-state index is 0.224. The maximum atomic E-state index is 11.6. The maximum absolute atomic E-state index is 11.6. The number of halogens is 1. The first-order valence-corrected chi connectivity index (χ1v) is 5.26. The SMILES string of the molecule is COc1cc2nc(Br)[nH]c(=O)c2cc1OC. The van der Waals surface area contributed by atoms with Crippen LogP contribution in [-0.2, 0) is 0 Å². The molecule has 0 amide bonds. The highest BCUT2D eigenvalue weighted by atomic mass is 79.9. The zero-order chi connectivity index (χ0) is 11.7. The lowest BCUT2D eigenvalue weighted by Gasteiger charge is -2.08. The predicted molar refractivity (Wildman–Crippen MR) is 63.2 cm³/mol. The molecule has 84 valence electrons. The molecule has 1 heterocycles. The molecule has 16 heavy (non-hydrogen) atoms. The van der Waals surface area contributed by atoms with Gasteiger partial charge in [0.25, 0.3) is 5.56 Å². The molecule has 0 aliphatic rings. The van der Waals surface area contributed by atoms with Crippen molar-refractivity contribution in [3.63, 3.8) is 0 Å². The van der Waals surface area contributed by atoms with E-state index in [-0.39, 0.29) is 5.56 Å². The quantitative estimate of drug-likeness (QED) is 0.853. The molecule has 0 fully saturated rings. The molecule has 0 unspecified atom stereocenters. The largest absolute Gasteiger partial charge is 0.493 e. The summed E-state index contributed by atoms with van der Waals surface area (Å²) in [6, 6.07) is 3.26. The fourth-order valence-corrected chi connectivity index (χ4v) is 1.81. The number of rotatable bonds is 2. The molecule has 1 aromatic heterocycles. The van der Waals surface area contributed by atoms with Crippen LogP contribution in [0.4, 0.5) is 0 Å². The van der Waals surface area contributed by atoms with Crippen molar-refractivity contribution in [2.24, 2.45) is 0 Å². The minimum atomic E-state index is -0.224. The molecule has 2 aromatic rings. The van der Waals surface area contributed by atoms with Gasteiger partial charge in [0, 0.05) is 6.07 Å². The van der Waals surface area contributed by atoms with Gasteiger partial charge in [-0.25, -0.2) is 4.98 Å². The summed E-state index contributed by atoms with van der Waals surface area (Å²) in [7, 11) is 3.05. The normalized spacial score (nSPS) is 10.4. The number of methoxy groups -OCH3 is 2. The van der Waals surface area contributed by atoms with Crippen LogP contribution in [0, 0.1) is 0 Å². The molecule has 0 aliphatic heterocycles. The van der Waals surface area contributed by atoms with Crippen LogP contribution in [0.1, 0.15) is 0 Å². The molecular weight excluding hydrogens is 276 g/mol. The number of benzene rings is 1. The van der Waals surface area contributed by atoms with Crippen LogP contribution in [0.15, 0.2) is 21.7 Å². The number of aromatic nitrogens is 2. The number of hydrogen-bond donors (Lipinski definition) is 1. The second-order valence-corrected chi connectivity index (χ2v) is 3.83. The number of H-pyrrole nitrogens is 1. The summed E-state index contributed by atoms with van der Waals surface area (Å²) >= 11 is 3.13. The van der Waals surface area contributed by atoms with E-state index < -0.39 is 0 Å². The molecule has 0 spiro atoms. The lowest BCUT2D eigenvalue weighted by atomic mass is 10.2. The Balaban J connectivity index is 2.83. The first kappa shape index (κ1) is 10.9. The van der Waals surface area contributed by atoms with Gasteiger partial charge in [0.05, 0.1) is 25.1 Å². The summed E-state index contributed by atoms with van der Waals surface area (Å²) in [6.45, 7) is 0. The van der Waals surface area contributed by atoms with Gasteiger partial charge in [0.15, 0.2) is 16.2 Å². The zero-order valence-electron chi connectivity index (χ0n) is 8.70. The molecule has 0 saturated carbocycles. The van der Waals surface area contributed by atoms with Crippen LogP contribution in [-0.4, -0.2) is 24.2 Å². The molecule has 0 aliphatic carbocycles. The van der Waals surface area contributed by atoms with Crippen molar-refractivity contribution < 1.29 is 9.47 Å². The third kappa shape index (κ3) is 1.76. The van der Waals surface area contributed by atoms with E-state index in [4.69, 9.17) is 9.47 Å². The van der Waals surface area contributed by atoms with Gasteiger partial charge in [0.2, 0.25) is 0 Å². The highest BCUT2D eigenvalue weighted by Crippen LogP contribution is 2.30. The average Bonchev–Trinajstić information content (AvgIpc) is 2.27. The van der Waals surface area contributed by atoms with E-state index in [2.05, 4.69) is 25.9 Å². The summed E-state index contributed by atoms with van der Waals surface area (Å²) in [5.41, 5.74) is 0.325.